The average Bonchev–Trinajstić information content (AvgIpc) is 2.55. The topological polar surface area (TPSA) is 38.3 Å². The third-order valence-electron chi connectivity index (χ3n) is 3.55. The van der Waals surface area contributed by atoms with E-state index in [1.54, 1.807) is 0 Å². The van der Waals surface area contributed by atoms with E-state index in [-0.39, 0.29) is 18.1 Å². The van der Waals surface area contributed by atoms with Crippen molar-refractivity contribution in [3.8, 4) is 0 Å². The zero-order valence-electron chi connectivity index (χ0n) is 12.5. The molecule has 0 aliphatic carbocycles. The number of nitrogens with one attached hydrogen (secondary N) is 1. The second-order valence-corrected chi connectivity index (χ2v) is 5.04. The fourth-order valence-corrected chi connectivity index (χ4v) is 2.35. The van der Waals surface area contributed by atoms with E-state index < -0.39 is 0 Å². The van der Waals surface area contributed by atoms with E-state index >= 15 is 0 Å². The van der Waals surface area contributed by atoms with Crippen molar-refractivity contribution < 1.29 is 9.53 Å². The van der Waals surface area contributed by atoms with Gasteiger partial charge in [0.1, 0.15) is 0 Å². The predicted molar refractivity (Wildman–Crippen MR) is 83.8 cm³/mol. The monoisotopic (exact) mass is 283 g/mol. The molecule has 0 aliphatic heterocycles. The highest BCUT2D eigenvalue weighted by Gasteiger charge is 2.18. The van der Waals surface area contributed by atoms with Gasteiger partial charge in [0.25, 0.3) is 0 Å². The van der Waals surface area contributed by atoms with Crippen molar-refractivity contribution in [1.29, 1.82) is 0 Å². The minimum atomic E-state index is -0.211. The summed E-state index contributed by atoms with van der Waals surface area (Å²) in [6, 6.07) is 20.3. The average molecular weight is 283 g/mol. The highest BCUT2D eigenvalue weighted by Crippen LogP contribution is 2.22. The first-order valence-electron chi connectivity index (χ1n) is 7.13. The molecule has 0 radical (unpaired) electrons. The van der Waals surface area contributed by atoms with Crippen LogP contribution in [0.15, 0.2) is 60.7 Å². The van der Waals surface area contributed by atoms with Crippen molar-refractivity contribution in [3.05, 3.63) is 71.8 Å². The standard InChI is InChI=1S/C18H21NO2/c1-14(15-9-5-3-6-10-15)19-17(13-18(20)21-2)16-11-7-4-8-12-16/h3-12,14,17,19H,13H2,1-2H3/t14-,17+/m1/s1. The van der Waals surface area contributed by atoms with Crippen LogP contribution in [0.25, 0.3) is 0 Å². The molecule has 3 nitrogen and oxygen atoms in total. The summed E-state index contributed by atoms with van der Waals surface area (Å²) in [5, 5.41) is 3.51. The van der Waals surface area contributed by atoms with Crippen LogP contribution < -0.4 is 5.32 Å². The smallest absolute Gasteiger partial charge is 0.307 e. The van der Waals surface area contributed by atoms with Gasteiger partial charge in [-0.15, -0.1) is 0 Å². The lowest BCUT2D eigenvalue weighted by molar-refractivity contribution is -0.141. The van der Waals surface area contributed by atoms with Gasteiger partial charge in [0, 0.05) is 12.1 Å². The van der Waals surface area contributed by atoms with Gasteiger partial charge in [0.05, 0.1) is 13.5 Å². The zero-order chi connectivity index (χ0) is 15.1. The molecule has 0 fully saturated rings. The van der Waals surface area contributed by atoms with Crippen LogP contribution in [-0.4, -0.2) is 13.1 Å². The third-order valence-corrected chi connectivity index (χ3v) is 3.55. The lowest BCUT2D eigenvalue weighted by Crippen LogP contribution is -2.27. The number of hydrogen-bond acceptors (Lipinski definition) is 3. The first-order chi connectivity index (χ1) is 10.2. The number of benzene rings is 2. The summed E-state index contributed by atoms with van der Waals surface area (Å²) in [5.41, 5.74) is 2.29. The Hall–Kier alpha value is -2.13. The highest BCUT2D eigenvalue weighted by molar-refractivity contribution is 5.70. The van der Waals surface area contributed by atoms with Gasteiger partial charge in [-0.1, -0.05) is 60.7 Å². The fraction of sp³-hybridized carbons (Fsp3) is 0.278. The van der Waals surface area contributed by atoms with E-state index in [9.17, 15) is 4.79 Å². The summed E-state index contributed by atoms with van der Waals surface area (Å²) in [4.78, 5) is 11.7. The maximum Gasteiger partial charge on any atom is 0.307 e. The molecule has 0 saturated heterocycles. The molecule has 2 rings (SSSR count). The Morgan fingerprint density at radius 3 is 2.05 bits per heavy atom. The van der Waals surface area contributed by atoms with Crippen molar-refractivity contribution in [3.63, 3.8) is 0 Å². The molecule has 0 unspecified atom stereocenters. The molecule has 110 valence electrons. The molecule has 0 spiro atoms. The molecular formula is C18H21NO2. The Morgan fingerprint density at radius 1 is 1.00 bits per heavy atom. The summed E-state index contributed by atoms with van der Waals surface area (Å²) >= 11 is 0. The Labute approximate surface area is 126 Å². The van der Waals surface area contributed by atoms with Crippen LogP contribution in [0, 0.1) is 0 Å². The molecular weight excluding hydrogens is 262 g/mol. The molecule has 21 heavy (non-hydrogen) atoms. The second-order valence-electron chi connectivity index (χ2n) is 5.04. The largest absolute Gasteiger partial charge is 0.469 e. The van der Waals surface area contributed by atoms with Crippen molar-refractivity contribution >= 4 is 5.97 Å². The molecule has 0 bridgehead atoms. The molecule has 0 aromatic heterocycles. The van der Waals surface area contributed by atoms with Crippen molar-refractivity contribution in [2.45, 2.75) is 25.4 Å². The second kappa shape index (κ2) is 7.60. The van der Waals surface area contributed by atoms with Gasteiger partial charge in [0.15, 0.2) is 0 Å². The van der Waals surface area contributed by atoms with Crippen molar-refractivity contribution in [2.75, 3.05) is 7.11 Å². The fourth-order valence-electron chi connectivity index (χ4n) is 2.35. The van der Waals surface area contributed by atoms with Gasteiger partial charge >= 0.3 is 5.97 Å². The molecule has 2 aromatic carbocycles. The first kappa shape index (κ1) is 15.3. The molecule has 0 saturated carbocycles. The number of carbonyl (C=O) groups excluding carboxylic acids is 1. The van der Waals surface area contributed by atoms with E-state index in [1.165, 1.54) is 12.7 Å². The minimum absolute atomic E-state index is 0.0612. The SMILES string of the molecule is COC(=O)C[C@H](N[C@H](C)c1ccccc1)c1ccccc1. The minimum Gasteiger partial charge on any atom is -0.469 e. The van der Waals surface area contributed by atoms with Crippen LogP contribution in [-0.2, 0) is 9.53 Å². The summed E-state index contributed by atoms with van der Waals surface area (Å²) in [5.74, 6) is -0.211. The number of esters is 1. The van der Waals surface area contributed by atoms with Crippen LogP contribution in [0.3, 0.4) is 0 Å². The Bertz CT molecular complexity index is 554. The normalized spacial score (nSPS) is 13.4. The molecule has 2 aromatic rings. The maximum atomic E-state index is 11.7. The van der Waals surface area contributed by atoms with E-state index in [0.29, 0.717) is 6.42 Å². The summed E-state index contributed by atoms with van der Waals surface area (Å²) in [6.07, 6.45) is 0.317. The van der Waals surface area contributed by atoms with Gasteiger partial charge < -0.3 is 10.1 Å². The van der Waals surface area contributed by atoms with Crippen molar-refractivity contribution in [1.82, 2.24) is 5.32 Å². The Morgan fingerprint density at radius 2 is 1.52 bits per heavy atom. The quantitative estimate of drug-likeness (QED) is 0.823. The van der Waals surface area contributed by atoms with E-state index in [4.69, 9.17) is 4.74 Å². The van der Waals surface area contributed by atoms with Gasteiger partial charge in [-0.3, -0.25) is 4.79 Å². The first-order valence-corrected chi connectivity index (χ1v) is 7.13. The number of rotatable bonds is 6. The summed E-state index contributed by atoms with van der Waals surface area (Å²) in [7, 11) is 1.42. The maximum absolute atomic E-state index is 11.7. The van der Waals surface area contributed by atoms with Crippen LogP contribution in [0.2, 0.25) is 0 Å². The lowest BCUT2D eigenvalue weighted by atomic mass is 10.0. The predicted octanol–water partition coefficient (Wildman–Crippen LogP) is 3.64. The number of methoxy groups -OCH3 is 1. The van der Waals surface area contributed by atoms with Gasteiger partial charge in [0.2, 0.25) is 0 Å². The van der Waals surface area contributed by atoms with Gasteiger partial charge in [-0.05, 0) is 18.1 Å². The molecule has 2 atom stereocenters. The van der Waals surface area contributed by atoms with Gasteiger partial charge in [-0.2, -0.15) is 0 Å². The van der Waals surface area contributed by atoms with Gasteiger partial charge in [-0.25, -0.2) is 0 Å². The highest BCUT2D eigenvalue weighted by atomic mass is 16.5. The van der Waals surface area contributed by atoms with Crippen LogP contribution in [0.5, 0.6) is 0 Å². The zero-order valence-corrected chi connectivity index (χ0v) is 12.5. The van der Waals surface area contributed by atoms with Crippen LogP contribution in [0.4, 0.5) is 0 Å². The molecule has 3 heteroatoms. The Balaban J connectivity index is 2.14. The van der Waals surface area contributed by atoms with Crippen molar-refractivity contribution in [2.24, 2.45) is 0 Å². The summed E-state index contributed by atoms with van der Waals surface area (Å²) in [6.45, 7) is 2.10. The Kier molecular flexibility index (Phi) is 5.52. The van der Waals surface area contributed by atoms with Crippen LogP contribution in [0.1, 0.15) is 36.6 Å². The number of ether oxygens (including phenoxy) is 1. The lowest BCUT2D eigenvalue weighted by Gasteiger charge is -2.23. The van der Waals surface area contributed by atoms with E-state index in [0.717, 1.165) is 5.56 Å². The molecule has 0 aliphatic rings. The van der Waals surface area contributed by atoms with E-state index in [2.05, 4.69) is 24.4 Å². The van der Waals surface area contributed by atoms with E-state index in [1.807, 2.05) is 48.5 Å². The third kappa shape index (κ3) is 4.43. The number of hydrogen-bond donors (Lipinski definition) is 1. The van der Waals surface area contributed by atoms with Crippen LogP contribution >= 0.6 is 0 Å². The number of carbonyl (C=O) groups is 1. The molecule has 0 amide bonds. The summed E-state index contributed by atoms with van der Waals surface area (Å²) < 4.78 is 4.81. The molecule has 0 heterocycles. The molecule has 1 N–H and O–H groups in total.